The molecule has 35 heavy (non-hydrogen) atoms. The van der Waals surface area contributed by atoms with Crippen molar-refractivity contribution in [2.24, 2.45) is 5.92 Å². The molecule has 2 aliphatic rings. The van der Waals surface area contributed by atoms with E-state index in [-0.39, 0.29) is 17.7 Å². The lowest BCUT2D eigenvalue weighted by Gasteiger charge is -2.44. The minimum atomic E-state index is -0.457. The quantitative estimate of drug-likeness (QED) is 0.604. The van der Waals surface area contributed by atoms with Crippen LogP contribution in [0.5, 0.6) is 17.2 Å². The van der Waals surface area contributed by atoms with Crippen molar-refractivity contribution < 1.29 is 23.8 Å². The molecule has 0 spiro atoms. The van der Waals surface area contributed by atoms with Gasteiger partial charge in [-0.05, 0) is 54.9 Å². The number of benzene rings is 2. The molecule has 2 heterocycles. The molecule has 0 bridgehead atoms. The van der Waals surface area contributed by atoms with Crippen molar-refractivity contribution in [1.29, 1.82) is 0 Å². The smallest absolute Gasteiger partial charge is 0.228 e. The van der Waals surface area contributed by atoms with Crippen LogP contribution in [0.25, 0.3) is 0 Å². The van der Waals surface area contributed by atoms with Gasteiger partial charge in [-0.25, -0.2) is 0 Å². The molecule has 2 saturated heterocycles. The minimum absolute atomic E-state index is 0.00481. The van der Waals surface area contributed by atoms with Crippen LogP contribution in [0, 0.1) is 5.92 Å². The van der Waals surface area contributed by atoms with Crippen molar-refractivity contribution >= 4 is 17.5 Å². The Morgan fingerprint density at radius 2 is 1.60 bits per heavy atom. The highest BCUT2D eigenvalue weighted by molar-refractivity contribution is 5.97. The van der Waals surface area contributed by atoms with Gasteiger partial charge < -0.3 is 28.9 Å². The monoisotopic (exact) mass is 481 g/mol. The summed E-state index contributed by atoms with van der Waals surface area (Å²) >= 11 is 0. The fourth-order valence-electron chi connectivity index (χ4n) is 5.14. The molecule has 8 nitrogen and oxygen atoms in total. The summed E-state index contributed by atoms with van der Waals surface area (Å²) in [5, 5.41) is 0. The van der Waals surface area contributed by atoms with Gasteiger partial charge in [-0.2, -0.15) is 0 Å². The van der Waals surface area contributed by atoms with Gasteiger partial charge >= 0.3 is 0 Å². The molecule has 0 N–H and O–H groups in total. The average molecular weight is 482 g/mol. The van der Waals surface area contributed by atoms with E-state index in [2.05, 4.69) is 11.8 Å². The normalized spacial score (nSPS) is 21.1. The maximum atomic E-state index is 13.9. The molecule has 2 atom stereocenters. The van der Waals surface area contributed by atoms with Gasteiger partial charge in [0.25, 0.3) is 0 Å². The molecule has 188 valence electrons. The molecule has 2 amide bonds. The SMILES string of the molecule is CCN1CCN(C(=O)C2CCC(=O)N(c3ccc(OC)cc3)C2c2ccc(OC)c(OC)c2)CC1. The van der Waals surface area contributed by atoms with Gasteiger partial charge in [0.1, 0.15) is 5.75 Å². The average Bonchev–Trinajstić information content (AvgIpc) is 2.92. The Hall–Kier alpha value is -3.26. The van der Waals surface area contributed by atoms with Crippen molar-refractivity contribution in [2.75, 3.05) is 59.0 Å². The van der Waals surface area contributed by atoms with Crippen molar-refractivity contribution in [3.05, 3.63) is 48.0 Å². The molecule has 2 fully saturated rings. The Morgan fingerprint density at radius 3 is 2.20 bits per heavy atom. The zero-order valence-corrected chi connectivity index (χ0v) is 21.0. The van der Waals surface area contributed by atoms with Gasteiger partial charge in [0.15, 0.2) is 11.5 Å². The molecular formula is C27H35N3O5. The number of piperazine rings is 1. The molecule has 2 aromatic carbocycles. The van der Waals surface area contributed by atoms with E-state index in [9.17, 15) is 9.59 Å². The summed E-state index contributed by atoms with van der Waals surface area (Å²) in [7, 11) is 4.79. The summed E-state index contributed by atoms with van der Waals surface area (Å²) in [5.74, 6) is 1.62. The standard InChI is InChI=1S/C27H35N3O5/c1-5-28-14-16-29(17-15-28)27(32)22-11-13-25(31)30(20-7-9-21(33-2)10-8-20)26(22)19-6-12-23(34-3)24(18-19)35-4/h6-10,12,18,22,26H,5,11,13-17H2,1-4H3. The number of ether oxygens (including phenoxy) is 3. The van der Waals surface area contributed by atoms with E-state index in [0.717, 1.165) is 30.9 Å². The Labute approximate surface area is 207 Å². The summed E-state index contributed by atoms with van der Waals surface area (Å²) in [6.07, 6.45) is 0.832. The van der Waals surface area contributed by atoms with Crippen molar-refractivity contribution in [3.63, 3.8) is 0 Å². The van der Waals surface area contributed by atoms with Crippen molar-refractivity contribution in [2.45, 2.75) is 25.8 Å². The van der Waals surface area contributed by atoms with E-state index < -0.39 is 6.04 Å². The fourth-order valence-corrected chi connectivity index (χ4v) is 5.14. The Bertz CT molecular complexity index is 1030. The van der Waals surface area contributed by atoms with Gasteiger partial charge in [0.2, 0.25) is 11.8 Å². The zero-order chi connectivity index (χ0) is 24.9. The Balaban J connectivity index is 1.74. The Morgan fingerprint density at radius 1 is 0.914 bits per heavy atom. The highest BCUT2D eigenvalue weighted by Gasteiger charge is 2.43. The number of hydrogen-bond acceptors (Lipinski definition) is 6. The summed E-state index contributed by atoms with van der Waals surface area (Å²) in [6.45, 7) is 6.29. The number of carbonyl (C=O) groups excluding carboxylic acids is 2. The molecule has 2 unspecified atom stereocenters. The molecule has 4 rings (SSSR count). The number of amides is 2. The Kier molecular flexibility index (Phi) is 7.80. The molecule has 2 aromatic rings. The van der Waals surface area contributed by atoms with E-state index in [4.69, 9.17) is 14.2 Å². The van der Waals surface area contributed by atoms with Gasteiger partial charge in [-0.1, -0.05) is 13.0 Å². The van der Waals surface area contributed by atoms with Gasteiger partial charge in [-0.3, -0.25) is 9.59 Å². The maximum absolute atomic E-state index is 13.9. The second kappa shape index (κ2) is 11.0. The number of carbonyl (C=O) groups is 2. The topological polar surface area (TPSA) is 71.6 Å². The van der Waals surface area contributed by atoms with Crippen LogP contribution in [-0.4, -0.2) is 75.7 Å². The van der Waals surface area contributed by atoms with E-state index in [1.807, 2.05) is 47.4 Å². The van der Waals surface area contributed by atoms with Crippen LogP contribution in [0.2, 0.25) is 0 Å². The predicted molar refractivity (Wildman–Crippen MR) is 134 cm³/mol. The maximum Gasteiger partial charge on any atom is 0.228 e. The third kappa shape index (κ3) is 5.07. The first-order valence-corrected chi connectivity index (χ1v) is 12.2. The van der Waals surface area contributed by atoms with E-state index in [0.29, 0.717) is 43.2 Å². The van der Waals surface area contributed by atoms with E-state index >= 15 is 0 Å². The number of likely N-dealkylation sites (N-methyl/N-ethyl adjacent to an activating group) is 1. The van der Waals surface area contributed by atoms with Crippen LogP contribution in [0.15, 0.2) is 42.5 Å². The summed E-state index contributed by atoms with van der Waals surface area (Å²) in [6, 6.07) is 12.6. The molecule has 2 aliphatic heterocycles. The number of rotatable bonds is 7. The van der Waals surface area contributed by atoms with Crippen LogP contribution in [-0.2, 0) is 9.59 Å². The highest BCUT2D eigenvalue weighted by atomic mass is 16.5. The summed E-state index contributed by atoms with van der Waals surface area (Å²) in [5.41, 5.74) is 1.58. The fraction of sp³-hybridized carbons (Fsp3) is 0.481. The molecular weight excluding hydrogens is 446 g/mol. The van der Waals surface area contributed by atoms with Gasteiger partial charge in [0, 0.05) is 38.3 Å². The summed E-state index contributed by atoms with van der Waals surface area (Å²) < 4.78 is 16.3. The lowest BCUT2D eigenvalue weighted by molar-refractivity contribution is -0.140. The largest absolute Gasteiger partial charge is 0.497 e. The first-order valence-electron chi connectivity index (χ1n) is 12.2. The lowest BCUT2D eigenvalue weighted by atomic mass is 9.82. The number of piperidine rings is 1. The third-order valence-corrected chi connectivity index (χ3v) is 7.15. The van der Waals surface area contributed by atoms with Crippen LogP contribution in [0.4, 0.5) is 5.69 Å². The zero-order valence-electron chi connectivity index (χ0n) is 21.0. The number of nitrogens with zero attached hydrogens (tertiary/aromatic N) is 3. The minimum Gasteiger partial charge on any atom is -0.497 e. The molecule has 0 saturated carbocycles. The highest BCUT2D eigenvalue weighted by Crippen LogP contribution is 2.43. The first-order chi connectivity index (χ1) is 17.0. The molecule has 8 heteroatoms. The lowest BCUT2D eigenvalue weighted by Crippen LogP contribution is -2.54. The first kappa shape index (κ1) is 24.9. The third-order valence-electron chi connectivity index (χ3n) is 7.15. The van der Waals surface area contributed by atoms with Crippen molar-refractivity contribution in [1.82, 2.24) is 9.80 Å². The predicted octanol–water partition coefficient (Wildman–Crippen LogP) is 3.36. The van der Waals surface area contributed by atoms with Gasteiger partial charge in [0.05, 0.1) is 33.3 Å². The van der Waals surface area contributed by atoms with E-state index in [1.54, 1.807) is 26.2 Å². The van der Waals surface area contributed by atoms with Crippen LogP contribution >= 0.6 is 0 Å². The molecule has 0 aliphatic carbocycles. The van der Waals surface area contributed by atoms with Crippen LogP contribution in [0.3, 0.4) is 0 Å². The number of anilines is 1. The van der Waals surface area contributed by atoms with Crippen LogP contribution < -0.4 is 19.1 Å². The second-order valence-electron chi connectivity index (χ2n) is 8.93. The number of methoxy groups -OCH3 is 3. The molecule has 0 aromatic heterocycles. The number of hydrogen-bond donors (Lipinski definition) is 0. The van der Waals surface area contributed by atoms with E-state index in [1.165, 1.54) is 0 Å². The van der Waals surface area contributed by atoms with Crippen LogP contribution in [0.1, 0.15) is 31.4 Å². The summed E-state index contributed by atoms with van der Waals surface area (Å²) in [4.78, 5) is 33.3. The second-order valence-corrected chi connectivity index (χ2v) is 8.93. The molecule has 0 radical (unpaired) electrons. The van der Waals surface area contributed by atoms with Crippen molar-refractivity contribution in [3.8, 4) is 17.2 Å². The van der Waals surface area contributed by atoms with Gasteiger partial charge in [-0.15, -0.1) is 0 Å².